The molecule has 1 aliphatic carbocycles. The van der Waals surface area contributed by atoms with Gasteiger partial charge in [0.2, 0.25) is 0 Å². The number of allylic oxidation sites excluding steroid dienone is 1. The van der Waals surface area contributed by atoms with Gasteiger partial charge in [-0.05, 0) is 41.8 Å². The van der Waals surface area contributed by atoms with Crippen molar-refractivity contribution in [3.63, 3.8) is 0 Å². The zero-order chi connectivity index (χ0) is 17.0. The van der Waals surface area contributed by atoms with Gasteiger partial charge in [0.05, 0.1) is 17.4 Å². The predicted molar refractivity (Wildman–Crippen MR) is 96.3 cm³/mol. The third kappa shape index (κ3) is 2.24. The van der Waals surface area contributed by atoms with Crippen molar-refractivity contribution in [2.75, 3.05) is 0 Å². The average molecular weight is 348 g/mol. The number of rotatable bonds is 2. The number of nitrogens with zero attached hydrogens (tertiary/aromatic N) is 3. The van der Waals surface area contributed by atoms with E-state index in [1.54, 1.807) is 6.20 Å². The van der Waals surface area contributed by atoms with Gasteiger partial charge in [-0.15, -0.1) is 0 Å². The van der Waals surface area contributed by atoms with Gasteiger partial charge < -0.3 is 0 Å². The number of hydrogen-bond donors (Lipinski definition) is 1. The van der Waals surface area contributed by atoms with E-state index in [4.69, 9.17) is 0 Å². The first kappa shape index (κ1) is 14.3. The maximum Gasteiger partial charge on any atom is 0.258 e. The molecule has 1 N–H and O–H groups in total. The summed E-state index contributed by atoms with van der Waals surface area (Å²) in [4.78, 5) is 15.9. The Kier molecular flexibility index (Phi) is 2.98. The standard InChI is InChI=1S/C18H12N4O2S/c23-17-8-18(25(24)21-17)22-16-5-4-11(6-14(16)10-20-22)13-7-12-2-1-3-15(12)19-9-13/h1,3-10H,2H2,(H,21,23). The summed E-state index contributed by atoms with van der Waals surface area (Å²) in [5, 5.41) is 5.55. The fraction of sp³-hybridized carbons (Fsp3) is 0.0556. The molecular weight excluding hydrogens is 336 g/mol. The molecule has 1 amide bonds. The lowest BCUT2D eigenvalue weighted by atomic mass is 10.0. The normalized spacial score (nSPS) is 18.5. The van der Waals surface area contributed by atoms with Crippen LogP contribution < -0.4 is 4.72 Å². The van der Waals surface area contributed by atoms with Gasteiger partial charge in [-0.3, -0.25) is 14.5 Å². The number of pyridine rings is 1. The second-order valence-electron chi connectivity index (χ2n) is 5.92. The Morgan fingerprint density at radius 3 is 2.92 bits per heavy atom. The quantitative estimate of drug-likeness (QED) is 0.771. The van der Waals surface area contributed by atoms with Crippen LogP contribution in [0.3, 0.4) is 0 Å². The molecule has 0 fully saturated rings. The largest absolute Gasteiger partial charge is 0.269 e. The molecule has 1 aromatic carbocycles. The number of carbonyl (C=O) groups is 1. The van der Waals surface area contributed by atoms with Crippen molar-refractivity contribution in [1.82, 2.24) is 19.5 Å². The molecule has 1 unspecified atom stereocenters. The average Bonchev–Trinajstić information content (AvgIpc) is 3.31. The molecule has 0 saturated heterocycles. The van der Waals surface area contributed by atoms with Crippen molar-refractivity contribution >= 4 is 38.9 Å². The first-order chi connectivity index (χ1) is 12.2. The van der Waals surface area contributed by atoms with E-state index < -0.39 is 11.0 Å². The zero-order valence-corrected chi connectivity index (χ0v) is 13.8. The molecule has 2 aromatic heterocycles. The Hall–Kier alpha value is -3.06. The van der Waals surface area contributed by atoms with E-state index in [0.717, 1.165) is 34.1 Å². The number of carbonyl (C=O) groups excluding carboxylic acids is 1. The van der Waals surface area contributed by atoms with E-state index in [-0.39, 0.29) is 5.91 Å². The third-order valence-electron chi connectivity index (χ3n) is 4.36. The summed E-state index contributed by atoms with van der Waals surface area (Å²) in [5.74, 6) is -0.369. The SMILES string of the molecule is O=C1C=C(n2ncc3cc(-c4cnc5c(c4)CC=C5)ccc32)S(=O)N1. The summed E-state index contributed by atoms with van der Waals surface area (Å²) >= 11 is 0. The number of fused-ring (bicyclic) bond motifs is 2. The number of amides is 1. The molecular formula is C18H12N4O2S. The Labute approximate surface area is 145 Å². The van der Waals surface area contributed by atoms with Gasteiger partial charge in [0, 0.05) is 23.2 Å². The minimum Gasteiger partial charge on any atom is -0.269 e. The Morgan fingerprint density at radius 2 is 2.08 bits per heavy atom. The highest BCUT2D eigenvalue weighted by molar-refractivity contribution is 7.93. The van der Waals surface area contributed by atoms with Crippen molar-refractivity contribution in [3.05, 3.63) is 60.1 Å². The van der Waals surface area contributed by atoms with E-state index in [9.17, 15) is 9.00 Å². The second kappa shape index (κ2) is 5.22. The van der Waals surface area contributed by atoms with E-state index in [2.05, 4.69) is 26.9 Å². The fourth-order valence-electron chi connectivity index (χ4n) is 3.16. The highest BCUT2D eigenvalue weighted by Crippen LogP contribution is 2.29. The molecule has 0 radical (unpaired) electrons. The second-order valence-corrected chi connectivity index (χ2v) is 7.08. The van der Waals surface area contributed by atoms with Crippen LogP contribution in [0.2, 0.25) is 0 Å². The van der Waals surface area contributed by atoms with Gasteiger partial charge in [-0.2, -0.15) is 5.10 Å². The van der Waals surface area contributed by atoms with Gasteiger partial charge in [0.25, 0.3) is 5.91 Å². The van der Waals surface area contributed by atoms with Crippen LogP contribution in [0.15, 0.2) is 48.8 Å². The maximum atomic E-state index is 12.0. The molecule has 0 saturated carbocycles. The van der Waals surface area contributed by atoms with Crippen molar-refractivity contribution < 1.29 is 9.00 Å². The van der Waals surface area contributed by atoms with Crippen LogP contribution in [0.5, 0.6) is 0 Å². The molecule has 5 rings (SSSR count). The smallest absolute Gasteiger partial charge is 0.258 e. The van der Waals surface area contributed by atoms with Crippen LogP contribution in [0.1, 0.15) is 11.3 Å². The molecule has 7 heteroatoms. The lowest BCUT2D eigenvalue weighted by Gasteiger charge is -2.06. The molecule has 1 atom stereocenters. The number of aromatic nitrogens is 3. The molecule has 6 nitrogen and oxygen atoms in total. The molecule has 3 heterocycles. The third-order valence-corrected chi connectivity index (χ3v) is 5.42. The molecule has 25 heavy (non-hydrogen) atoms. The lowest BCUT2D eigenvalue weighted by Crippen LogP contribution is -2.17. The molecule has 3 aromatic rings. The van der Waals surface area contributed by atoms with Crippen LogP contribution in [-0.2, 0) is 22.2 Å². The maximum absolute atomic E-state index is 12.0. The number of hydrogen-bond acceptors (Lipinski definition) is 4. The lowest BCUT2D eigenvalue weighted by molar-refractivity contribution is -0.114. The summed E-state index contributed by atoms with van der Waals surface area (Å²) in [6, 6.07) is 8.09. The summed E-state index contributed by atoms with van der Waals surface area (Å²) in [6.45, 7) is 0. The summed E-state index contributed by atoms with van der Waals surface area (Å²) in [5.41, 5.74) is 5.16. The van der Waals surface area contributed by atoms with Crippen LogP contribution in [0.25, 0.3) is 33.1 Å². The van der Waals surface area contributed by atoms with Gasteiger partial charge in [-0.25, -0.2) is 8.89 Å². The summed E-state index contributed by atoms with van der Waals surface area (Å²) < 4.78 is 15.8. The summed E-state index contributed by atoms with van der Waals surface area (Å²) in [7, 11) is -1.57. The minimum atomic E-state index is -1.57. The fourth-order valence-corrected chi connectivity index (χ4v) is 4.02. The summed E-state index contributed by atoms with van der Waals surface area (Å²) in [6.07, 6.45) is 9.96. The van der Waals surface area contributed by atoms with Crippen LogP contribution in [-0.4, -0.2) is 24.9 Å². The number of benzene rings is 1. The Balaban J connectivity index is 1.59. The van der Waals surface area contributed by atoms with Gasteiger partial charge >= 0.3 is 0 Å². The zero-order valence-electron chi connectivity index (χ0n) is 13.0. The highest BCUT2D eigenvalue weighted by Gasteiger charge is 2.23. The Bertz CT molecular complexity index is 1140. The first-order valence-electron chi connectivity index (χ1n) is 7.77. The molecule has 2 aliphatic rings. The van der Waals surface area contributed by atoms with E-state index in [0.29, 0.717) is 5.03 Å². The first-order valence-corrected chi connectivity index (χ1v) is 8.92. The van der Waals surface area contributed by atoms with Crippen molar-refractivity contribution in [2.45, 2.75) is 6.42 Å². The monoisotopic (exact) mass is 348 g/mol. The van der Waals surface area contributed by atoms with E-state index >= 15 is 0 Å². The minimum absolute atomic E-state index is 0.345. The molecule has 0 bridgehead atoms. The predicted octanol–water partition coefficient (Wildman–Crippen LogP) is 2.26. The van der Waals surface area contributed by atoms with Crippen molar-refractivity contribution in [1.29, 1.82) is 0 Å². The van der Waals surface area contributed by atoms with Crippen molar-refractivity contribution in [3.8, 4) is 11.1 Å². The van der Waals surface area contributed by atoms with Crippen LogP contribution in [0.4, 0.5) is 0 Å². The number of nitrogens with one attached hydrogen (secondary N) is 1. The van der Waals surface area contributed by atoms with Crippen LogP contribution in [0, 0.1) is 0 Å². The molecule has 1 aliphatic heterocycles. The van der Waals surface area contributed by atoms with E-state index in [1.807, 2.05) is 30.5 Å². The topological polar surface area (TPSA) is 76.9 Å². The van der Waals surface area contributed by atoms with Gasteiger partial charge in [0.15, 0.2) is 16.0 Å². The Morgan fingerprint density at radius 1 is 1.16 bits per heavy atom. The molecule has 122 valence electrons. The van der Waals surface area contributed by atoms with Gasteiger partial charge in [0.1, 0.15) is 0 Å². The highest BCUT2D eigenvalue weighted by atomic mass is 32.2. The van der Waals surface area contributed by atoms with E-state index in [1.165, 1.54) is 16.3 Å². The van der Waals surface area contributed by atoms with Crippen molar-refractivity contribution in [2.24, 2.45) is 0 Å². The van der Waals surface area contributed by atoms with Gasteiger partial charge in [-0.1, -0.05) is 12.1 Å². The molecule has 0 spiro atoms. The van der Waals surface area contributed by atoms with Crippen LogP contribution >= 0.6 is 0 Å².